The fourth-order valence-electron chi connectivity index (χ4n) is 2.10. The number of aromatic hydroxyl groups is 2. The van der Waals surface area contributed by atoms with Crippen LogP contribution in [0.25, 0.3) is 0 Å². The van der Waals surface area contributed by atoms with Crippen LogP contribution in [0.3, 0.4) is 0 Å². The molecule has 0 amide bonds. The highest BCUT2D eigenvalue weighted by Crippen LogP contribution is 2.33. The van der Waals surface area contributed by atoms with E-state index in [-0.39, 0.29) is 29.9 Å². The van der Waals surface area contributed by atoms with Crippen molar-refractivity contribution in [3.63, 3.8) is 0 Å². The Morgan fingerprint density at radius 1 is 1.26 bits per heavy atom. The van der Waals surface area contributed by atoms with E-state index in [0.717, 1.165) is 5.56 Å². The van der Waals surface area contributed by atoms with Crippen LogP contribution in [-0.2, 0) is 4.79 Å². The zero-order chi connectivity index (χ0) is 14.6. The molecule has 5 N–H and O–H groups in total. The number of phenols is 2. The van der Waals surface area contributed by atoms with Crippen molar-refractivity contribution >= 4 is 5.97 Å². The molecule has 106 valence electrons. The van der Waals surface area contributed by atoms with Crippen molar-refractivity contribution in [3.8, 4) is 11.5 Å². The first-order valence-electron chi connectivity index (χ1n) is 6.31. The second-order valence-corrected chi connectivity index (χ2v) is 5.02. The molecule has 0 saturated carbocycles. The van der Waals surface area contributed by atoms with Gasteiger partial charge in [-0.15, -0.1) is 0 Å². The first-order chi connectivity index (χ1) is 8.86. The number of carbonyl (C=O) groups is 1. The van der Waals surface area contributed by atoms with Crippen LogP contribution in [0.1, 0.15) is 31.7 Å². The van der Waals surface area contributed by atoms with E-state index in [1.165, 1.54) is 12.1 Å². The van der Waals surface area contributed by atoms with Crippen LogP contribution in [-0.4, -0.2) is 27.8 Å². The zero-order valence-corrected chi connectivity index (χ0v) is 11.2. The molecule has 0 saturated heterocycles. The third-order valence-corrected chi connectivity index (χ3v) is 3.67. The lowest BCUT2D eigenvalue weighted by molar-refractivity contribution is -0.142. The van der Waals surface area contributed by atoms with E-state index in [1.807, 2.05) is 13.8 Å². The standard InChI is InChI=1S/C14H21NO4/c1-8(5-11(7-15)14(18)19)9(2)10-3-4-12(16)13(17)6-10/h3-4,6,8-9,11,16-17H,5,7,15H2,1-2H3,(H,18,19). The quantitative estimate of drug-likeness (QED) is 0.589. The minimum atomic E-state index is -0.880. The molecule has 5 heteroatoms. The zero-order valence-electron chi connectivity index (χ0n) is 11.2. The van der Waals surface area contributed by atoms with Crippen molar-refractivity contribution in [2.75, 3.05) is 6.54 Å². The number of hydrogen-bond donors (Lipinski definition) is 4. The normalized spacial score (nSPS) is 15.7. The second kappa shape index (κ2) is 6.43. The summed E-state index contributed by atoms with van der Waals surface area (Å²) in [6.07, 6.45) is 0.481. The van der Waals surface area contributed by atoms with Crippen molar-refractivity contribution in [2.24, 2.45) is 17.6 Å². The van der Waals surface area contributed by atoms with Crippen molar-refractivity contribution in [1.29, 1.82) is 0 Å². The number of carboxylic acid groups (broad SMARTS) is 1. The Morgan fingerprint density at radius 2 is 1.89 bits per heavy atom. The van der Waals surface area contributed by atoms with Gasteiger partial charge in [0.2, 0.25) is 0 Å². The summed E-state index contributed by atoms with van der Waals surface area (Å²) < 4.78 is 0. The van der Waals surface area contributed by atoms with Crippen LogP contribution in [0.2, 0.25) is 0 Å². The molecule has 0 spiro atoms. The average Bonchev–Trinajstić information content (AvgIpc) is 2.37. The third-order valence-electron chi connectivity index (χ3n) is 3.67. The van der Waals surface area contributed by atoms with Gasteiger partial charge in [0.1, 0.15) is 0 Å². The summed E-state index contributed by atoms with van der Waals surface area (Å²) in [5.41, 5.74) is 6.32. The number of hydrogen-bond acceptors (Lipinski definition) is 4. The van der Waals surface area contributed by atoms with Gasteiger partial charge < -0.3 is 21.1 Å². The first-order valence-corrected chi connectivity index (χ1v) is 6.31. The van der Waals surface area contributed by atoms with E-state index in [1.54, 1.807) is 6.07 Å². The molecule has 0 heterocycles. The molecule has 1 rings (SSSR count). The molecule has 19 heavy (non-hydrogen) atoms. The van der Waals surface area contributed by atoms with E-state index >= 15 is 0 Å². The average molecular weight is 267 g/mol. The molecule has 3 unspecified atom stereocenters. The molecule has 0 aliphatic heterocycles. The van der Waals surface area contributed by atoms with Crippen LogP contribution in [0.5, 0.6) is 11.5 Å². The smallest absolute Gasteiger partial charge is 0.307 e. The topological polar surface area (TPSA) is 104 Å². The molecule has 3 atom stereocenters. The first kappa shape index (κ1) is 15.3. The fraction of sp³-hybridized carbons (Fsp3) is 0.500. The highest BCUT2D eigenvalue weighted by Gasteiger charge is 2.23. The number of benzene rings is 1. The molecule has 0 radical (unpaired) electrons. The molecular weight excluding hydrogens is 246 g/mol. The number of phenolic OH excluding ortho intramolecular Hbond substituents is 2. The fourth-order valence-corrected chi connectivity index (χ4v) is 2.10. The maximum absolute atomic E-state index is 11.0. The number of nitrogens with two attached hydrogens (primary N) is 1. The highest BCUT2D eigenvalue weighted by atomic mass is 16.4. The molecule has 5 nitrogen and oxygen atoms in total. The minimum absolute atomic E-state index is 0.0694. The van der Waals surface area contributed by atoms with Gasteiger partial charge in [-0.2, -0.15) is 0 Å². The second-order valence-electron chi connectivity index (χ2n) is 5.02. The molecule has 1 aromatic carbocycles. The largest absolute Gasteiger partial charge is 0.504 e. The molecule has 0 aliphatic carbocycles. The van der Waals surface area contributed by atoms with E-state index in [4.69, 9.17) is 10.8 Å². The van der Waals surface area contributed by atoms with Crippen molar-refractivity contribution in [2.45, 2.75) is 26.2 Å². The summed E-state index contributed by atoms with van der Waals surface area (Å²) in [7, 11) is 0. The summed E-state index contributed by atoms with van der Waals surface area (Å²) in [6.45, 7) is 4.04. The Bertz CT molecular complexity index is 447. The van der Waals surface area contributed by atoms with Gasteiger partial charge in [0, 0.05) is 6.54 Å². The lowest BCUT2D eigenvalue weighted by Gasteiger charge is -2.23. The van der Waals surface area contributed by atoms with Gasteiger partial charge in [0.05, 0.1) is 5.92 Å². The molecular formula is C14H21NO4. The Balaban J connectivity index is 2.78. The van der Waals surface area contributed by atoms with Gasteiger partial charge in [-0.25, -0.2) is 0 Å². The lowest BCUT2D eigenvalue weighted by atomic mass is 9.82. The van der Waals surface area contributed by atoms with Gasteiger partial charge in [0.15, 0.2) is 11.5 Å². The monoisotopic (exact) mass is 267 g/mol. The van der Waals surface area contributed by atoms with E-state index in [0.29, 0.717) is 6.42 Å². The molecule has 0 fully saturated rings. The van der Waals surface area contributed by atoms with Crippen LogP contribution < -0.4 is 5.73 Å². The van der Waals surface area contributed by atoms with Crippen molar-refractivity contribution in [1.82, 2.24) is 0 Å². The van der Waals surface area contributed by atoms with Crippen LogP contribution in [0.15, 0.2) is 18.2 Å². The van der Waals surface area contributed by atoms with Gasteiger partial charge >= 0.3 is 5.97 Å². The van der Waals surface area contributed by atoms with Crippen LogP contribution >= 0.6 is 0 Å². The van der Waals surface area contributed by atoms with Crippen molar-refractivity contribution in [3.05, 3.63) is 23.8 Å². The summed E-state index contributed by atoms with van der Waals surface area (Å²) in [6, 6.07) is 4.68. The third kappa shape index (κ3) is 3.86. The van der Waals surface area contributed by atoms with Crippen LogP contribution in [0.4, 0.5) is 0 Å². The Kier molecular flexibility index (Phi) is 5.18. The Hall–Kier alpha value is -1.75. The lowest BCUT2D eigenvalue weighted by Crippen LogP contribution is -2.26. The Morgan fingerprint density at radius 3 is 2.37 bits per heavy atom. The van der Waals surface area contributed by atoms with E-state index < -0.39 is 11.9 Å². The number of aliphatic carboxylic acids is 1. The molecule has 0 aromatic heterocycles. The summed E-state index contributed by atoms with van der Waals surface area (Å²) in [5, 5.41) is 27.8. The maximum Gasteiger partial charge on any atom is 0.307 e. The Labute approximate surface area is 112 Å². The minimum Gasteiger partial charge on any atom is -0.504 e. The summed E-state index contributed by atoms with van der Waals surface area (Å²) >= 11 is 0. The van der Waals surface area contributed by atoms with Gasteiger partial charge in [-0.3, -0.25) is 4.79 Å². The van der Waals surface area contributed by atoms with Gasteiger partial charge in [0.25, 0.3) is 0 Å². The predicted octanol–water partition coefficient (Wildman–Crippen LogP) is 1.89. The summed E-state index contributed by atoms with van der Waals surface area (Å²) in [4.78, 5) is 11.0. The number of carboxylic acids is 1. The van der Waals surface area contributed by atoms with Crippen LogP contribution in [0, 0.1) is 11.8 Å². The SMILES string of the molecule is CC(CC(CN)C(=O)O)C(C)c1ccc(O)c(O)c1. The van der Waals surface area contributed by atoms with Gasteiger partial charge in [-0.05, 0) is 36.0 Å². The summed E-state index contributed by atoms with van der Waals surface area (Å²) in [5.74, 6) is -1.58. The maximum atomic E-state index is 11.0. The van der Waals surface area contributed by atoms with E-state index in [2.05, 4.69) is 0 Å². The molecule has 1 aromatic rings. The van der Waals surface area contributed by atoms with Gasteiger partial charge in [-0.1, -0.05) is 19.9 Å². The van der Waals surface area contributed by atoms with Crippen molar-refractivity contribution < 1.29 is 20.1 Å². The molecule has 0 aliphatic rings. The highest BCUT2D eigenvalue weighted by molar-refractivity contribution is 5.70. The van der Waals surface area contributed by atoms with E-state index in [9.17, 15) is 15.0 Å². The number of rotatable bonds is 6. The predicted molar refractivity (Wildman–Crippen MR) is 72.1 cm³/mol. The molecule has 0 bridgehead atoms.